The predicted molar refractivity (Wildman–Crippen MR) is 116 cm³/mol. The van der Waals surface area contributed by atoms with Crippen molar-refractivity contribution in [3.05, 3.63) is 54.4 Å². The third-order valence-electron chi connectivity index (χ3n) is 5.39. The highest BCUT2D eigenvalue weighted by Crippen LogP contribution is 2.25. The molecular weight excluding hydrogens is 434 g/mol. The van der Waals surface area contributed by atoms with Crippen LogP contribution in [-0.2, 0) is 24.3 Å². The second kappa shape index (κ2) is 10.6. The van der Waals surface area contributed by atoms with Crippen LogP contribution < -0.4 is 10.1 Å². The summed E-state index contributed by atoms with van der Waals surface area (Å²) in [7, 11) is -2.08. The number of carbonyl (C=O) groups excluding carboxylic acids is 2. The molecule has 1 amide bonds. The van der Waals surface area contributed by atoms with E-state index in [1.807, 2.05) is 25.1 Å². The molecule has 1 aliphatic heterocycles. The molecule has 2 aromatic rings. The molecule has 0 aliphatic carbocycles. The second-order valence-electron chi connectivity index (χ2n) is 7.51. The van der Waals surface area contributed by atoms with Crippen LogP contribution in [0.1, 0.15) is 31.4 Å². The maximum atomic E-state index is 12.7. The van der Waals surface area contributed by atoms with Crippen LogP contribution in [0.15, 0.2) is 53.7 Å². The third kappa shape index (κ3) is 5.63. The van der Waals surface area contributed by atoms with Crippen LogP contribution in [0.5, 0.6) is 5.75 Å². The number of aromatic nitrogens is 1. The van der Waals surface area contributed by atoms with Crippen LogP contribution in [0, 0.1) is 5.92 Å². The first-order valence-corrected chi connectivity index (χ1v) is 11.8. The van der Waals surface area contributed by atoms with Crippen LogP contribution in [0.3, 0.4) is 0 Å². The fraction of sp³-hybridized carbons (Fsp3) is 0.409. The van der Waals surface area contributed by atoms with E-state index >= 15 is 0 Å². The highest BCUT2D eigenvalue weighted by atomic mass is 32.2. The molecule has 3 rings (SSSR count). The first-order chi connectivity index (χ1) is 15.3. The van der Waals surface area contributed by atoms with E-state index in [0.717, 1.165) is 5.56 Å². The summed E-state index contributed by atoms with van der Waals surface area (Å²) in [5, 5.41) is 2.78. The average molecular weight is 462 g/mol. The van der Waals surface area contributed by atoms with E-state index in [-0.39, 0.29) is 24.0 Å². The van der Waals surface area contributed by atoms with E-state index in [9.17, 15) is 18.0 Å². The first-order valence-electron chi connectivity index (χ1n) is 10.3. The monoisotopic (exact) mass is 461 g/mol. The summed E-state index contributed by atoms with van der Waals surface area (Å²) in [6, 6.07) is 10.1. The number of hydrogen-bond acceptors (Lipinski definition) is 7. The van der Waals surface area contributed by atoms with Crippen molar-refractivity contribution in [2.45, 2.75) is 30.7 Å². The molecule has 1 N–H and O–H groups in total. The second-order valence-corrected chi connectivity index (χ2v) is 9.44. The molecule has 1 aliphatic rings. The van der Waals surface area contributed by atoms with Crippen molar-refractivity contribution in [1.82, 2.24) is 14.6 Å². The van der Waals surface area contributed by atoms with Crippen molar-refractivity contribution in [1.29, 1.82) is 0 Å². The van der Waals surface area contributed by atoms with Gasteiger partial charge in [-0.1, -0.05) is 18.2 Å². The van der Waals surface area contributed by atoms with Gasteiger partial charge in [-0.2, -0.15) is 4.31 Å². The number of rotatable bonds is 8. The quantitative estimate of drug-likeness (QED) is 0.597. The maximum absolute atomic E-state index is 12.7. The van der Waals surface area contributed by atoms with Crippen LogP contribution in [0.25, 0.3) is 0 Å². The first kappa shape index (κ1) is 23.7. The van der Waals surface area contributed by atoms with Gasteiger partial charge in [-0.3, -0.25) is 14.6 Å². The summed E-state index contributed by atoms with van der Waals surface area (Å²) in [4.78, 5) is 28.6. The highest BCUT2D eigenvalue weighted by molar-refractivity contribution is 7.89. The Balaban J connectivity index is 1.46. The molecule has 9 nitrogen and oxygen atoms in total. The Morgan fingerprint density at radius 1 is 1.19 bits per heavy atom. The SMILES string of the molecule is COc1ccccc1C(C)NC(=O)COC(=O)C1CCN(S(=O)(=O)c2cccnc2)CC1. The number of esters is 1. The zero-order valence-electron chi connectivity index (χ0n) is 18.1. The Kier molecular flexibility index (Phi) is 7.81. The average Bonchev–Trinajstić information content (AvgIpc) is 2.83. The molecule has 0 radical (unpaired) electrons. The van der Waals surface area contributed by atoms with Crippen LogP contribution in [0.4, 0.5) is 0 Å². The number of nitrogens with zero attached hydrogens (tertiary/aromatic N) is 2. The number of pyridine rings is 1. The Labute approximate surface area is 187 Å². The largest absolute Gasteiger partial charge is 0.496 e. The smallest absolute Gasteiger partial charge is 0.309 e. The fourth-order valence-corrected chi connectivity index (χ4v) is 5.05. The number of hydrogen-bond donors (Lipinski definition) is 1. The van der Waals surface area contributed by atoms with E-state index in [2.05, 4.69) is 10.3 Å². The summed E-state index contributed by atoms with van der Waals surface area (Å²) in [6.07, 6.45) is 3.48. The van der Waals surface area contributed by atoms with E-state index < -0.39 is 34.4 Å². The number of methoxy groups -OCH3 is 1. The van der Waals surface area contributed by atoms with Crippen molar-refractivity contribution in [2.24, 2.45) is 5.92 Å². The molecule has 0 saturated carbocycles. The molecule has 32 heavy (non-hydrogen) atoms. The molecule has 2 heterocycles. The van der Waals surface area contributed by atoms with Crippen molar-refractivity contribution < 1.29 is 27.5 Å². The lowest BCUT2D eigenvalue weighted by Crippen LogP contribution is -2.41. The molecule has 0 bridgehead atoms. The molecule has 1 aromatic heterocycles. The van der Waals surface area contributed by atoms with Crippen LogP contribution >= 0.6 is 0 Å². The standard InChI is InChI=1S/C22H27N3O6S/c1-16(19-7-3-4-8-20(19)30-2)24-21(26)15-31-22(27)17-9-12-25(13-10-17)32(28,29)18-6-5-11-23-14-18/h3-8,11,14,16-17H,9-10,12-13,15H2,1-2H3,(H,24,26). The number of nitrogens with one attached hydrogen (secondary N) is 1. The van der Waals surface area contributed by atoms with Gasteiger partial charge < -0.3 is 14.8 Å². The topological polar surface area (TPSA) is 115 Å². The lowest BCUT2D eigenvalue weighted by Gasteiger charge is -2.30. The molecule has 1 aromatic carbocycles. The van der Waals surface area contributed by atoms with Gasteiger partial charge in [0.15, 0.2) is 6.61 Å². The maximum Gasteiger partial charge on any atom is 0.309 e. The van der Waals surface area contributed by atoms with Gasteiger partial charge >= 0.3 is 5.97 Å². The number of carbonyl (C=O) groups is 2. The van der Waals surface area contributed by atoms with Gasteiger partial charge in [0.25, 0.3) is 5.91 Å². The molecule has 172 valence electrons. The summed E-state index contributed by atoms with van der Waals surface area (Å²) >= 11 is 0. The molecular formula is C22H27N3O6S. The van der Waals surface area contributed by atoms with E-state index in [4.69, 9.17) is 9.47 Å². The number of amides is 1. The zero-order chi connectivity index (χ0) is 23.1. The molecule has 0 spiro atoms. The van der Waals surface area contributed by atoms with Gasteiger partial charge in [-0.05, 0) is 38.0 Å². The van der Waals surface area contributed by atoms with Crippen molar-refractivity contribution in [3.63, 3.8) is 0 Å². The Morgan fingerprint density at radius 2 is 1.91 bits per heavy atom. The van der Waals surface area contributed by atoms with E-state index in [1.165, 1.54) is 22.8 Å². The minimum absolute atomic E-state index is 0.127. The lowest BCUT2D eigenvalue weighted by atomic mass is 9.98. The minimum atomic E-state index is -3.64. The van der Waals surface area contributed by atoms with Crippen LogP contribution in [0.2, 0.25) is 0 Å². The Bertz CT molecular complexity index is 1040. The van der Waals surface area contributed by atoms with E-state index in [1.54, 1.807) is 19.2 Å². The summed E-state index contributed by atoms with van der Waals surface area (Å²) in [5.74, 6) is -0.711. The summed E-state index contributed by atoms with van der Waals surface area (Å²) < 4.78 is 37.1. The number of benzene rings is 1. The molecule has 1 fully saturated rings. The van der Waals surface area contributed by atoms with Gasteiger partial charge in [0.1, 0.15) is 10.6 Å². The predicted octanol–water partition coefficient (Wildman–Crippen LogP) is 1.91. The van der Waals surface area contributed by atoms with Gasteiger partial charge in [0.05, 0.1) is 19.1 Å². The van der Waals surface area contributed by atoms with Crippen molar-refractivity contribution in [3.8, 4) is 5.75 Å². The Hall–Kier alpha value is -2.98. The molecule has 1 unspecified atom stereocenters. The van der Waals surface area contributed by atoms with Crippen molar-refractivity contribution in [2.75, 3.05) is 26.8 Å². The van der Waals surface area contributed by atoms with Crippen molar-refractivity contribution >= 4 is 21.9 Å². The molecule has 10 heteroatoms. The third-order valence-corrected chi connectivity index (χ3v) is 7.27. The van der Waals surface area contributed by atoms with Crippen LogP contribution in [-0.4, -0.2) is 56.4 Å². The zero-order valence-corrected chi connectivity index (χ0v) is 18.9. The van der Waals surface area contributed by atoms with Gasteiger partial charge in [-0.15, -0.1) is 0 Å². The van der Waals surface area contributed by atoms with Gasteiger partial charge in [0, 0.05) is 31.0 Å². The van der Waals surface area contributed by atoms with Gasteiger partial charge in [0.2, 0.25) is 10.0 Å². The summed E-state index contributed by atoms with van der Waals surface area (Å²) in [5.41, 5.74) is 0.817. The van der Waals surface area contributed by atoms with Gasteiger partial charge in [-0.25, -0.2) is 8.42 Å². The number of ether oxygens (including phenoxy) is 2. The molecule has 1 atom stereocenters. The number of sulfonamides is 1. The lowest BCUT2D eigenvalue weighted by molar-refractivity contribution is -0.153. The summed E-state index contributed by atoms with van der Waals surface area (Å²) in [6.45, 7) is 1.82. The highest BCUT2D eigenvalue weighted by Gasteiger charge is 2.33. The number of piperidine rings is 1. The fourth-order valence-electron chi connectivity index (χ4n) is 3.62. The number of para-hydroxylation sites is 1. The van der Waals surface area contributed by atoms with E-state index in [0.29, 0.717) is 18.6 Å². The normalized spacial score (nSPS) is 16.2. The minimum Gasteiger partial charge on any atom is -0.496 e. The molecule has 1 saturated heterocycles. The Morgan fingerprint density at radius 3 is 2.56 bits per heavy atom.